The third-order valence-corrected chi connectivity index (χ3v) is 3.38. The summed E-state index contributed by atoms with van der Waals surface area (Å²) in [6, 6.07) is 8.03. The van der Waals surface area contributed by atoms with E-state index in [1.54, 1.807) is 0 Å². The van der Waals surface area contributed by atoms with Gasteiger partial charge in [0.25, 0.3) is 0 Å². The molecule has 2 aromatic rings. The van der Waals surface area contributed by atoms with Crippen molar-refractivity contribution in [1.82, 2.24) is 0 Å². The molecule has 0 amide bonds. The lowest BCUT2D eigenvalue weighted by molar-refractivity contribution is -0.402. The van der Waals surface area contributed by atoms with Gasteiger partial charge in [-0.3, -0.25) is 10.1 Å². The molecule has 104 valence electrons. The van der Waals surface area contributed by atoms with E-state index < -0.39 is 11.0 Å². The molecular formula is C14H14N2O4. The summed E-state index contributed by atoms with van der Waals surface area (Å²) in [7, 11) is 0. The number of ether oxygens (including phenoxy) is 1. The maximum absolute atomic E-state index is 10.6. The van der Waals surface area contributed by atoms with E-state index in [4.69, 9.17) is 14.9 Å². The molecule has 0 fully saturated rings. The van der Waals surface area contributed by atoms with Crippen LogP contribution in [0, 0.1) is 10.1 Å². The van der Waals surface area contributed by atoms with Gasteiger partial charge >= 0.3 is 5.88 Å². The topological polar surface area (TPSA) is 91.5 Å². The summed E-state index contributed by atoms with van der Waals surface area (Å²) in [4.78, 5) is 10.0. The Kier molecular flexibility index (Phi) is 2.94. The molecule has 20 heavy (non-hydrogen) atoms. The Balaban J connectivity index is 1.89. The van der Waals surface area contributed by atoms with Crippen LogP contribution >= 0.6 is 0 Å². The number of nitrogens with two attached hydrogens (primary N) is 1. The molecule has 0 spiro atoms. The predicted molar refractivity (Wildman–Crippen MR) is 71.6 cm³/mol. The van der Waals surface area contributed by atoms with E-state index in [9.17, 15) is 10.1 Å². The fourth-order valence-corrected chi connectivity index (χ4v) is 2.41. The van der Waals surface area contributed by atoms with Gasteiger partial charge in [-0.1, -0.05) is 6.07 Å². The van der Waals surface area contributed by atoms with E-state index in [2.05, 4.69) is 0 Å². The number of hydrogen-bond donors (Lipinski definition) is 1. The van der Waals surface area contributed by atoms with Gasteiger partial charge in [0.15, 0.2) is 0 Å². The molecule has 1 aromatic heterocycles. The molecule has 0 saturated carbocycles. The first-order valence-electron chi connectivity index (χ1n) is 6.34. The van der Waals surface area contributed by atoms with Crippen LogP contribution in [-0.2, 0) is 6.42 Å². The number of rotatable bonds is 3. The molecule has 2 N–H and O–H groups in total. The molecular weight excluding hydrogens is 260 g/mol. The van der Waals surface area contributed by atoms with E-state index >= 15 is 0 Å². The highest BCUT2D eigenvalue weighted by molar-refractivity contribution is 5.43. The third-order valence-electron chi connectivity index (χ3n) is 3.38. The first-order valence-corrected chi connectivity index (χ1v) is 6.34. The summed E-state index contributed by atoms with van der Waals surface area (Å²) < 4.78 is 10.8. The van der Waals surface area contributed by atoms with Crippen LogP contribution in [-0.4, -0.2) is 11.0 Å². The predicted octanol–water partition coefficient (Wildman–Crippen LogP) is 2.56. The van der Waals surface area contributed by atoms with Crippen molar-refractivity contribution in [1.29, 1.82) is 0 Å². The molecule has 2 heterocycles. The van der Waals surface area contributed by atoms with Crippen molar-refractivity contribution in [2.24, 2.45) is 5.73 Å². The number of benzene rings is 1. The molecule has 2 atom stereocenters. The van der Waals surface area contributed by atoms with Crippen LogP contribution in [0.4, 0.5) is 5.88 Å². The fourth-order valence-electron chi connectivity index (χ4n) is 2.41. The summed E-state index contributed by atoms with van der Waals surface area (Å²) >= 11 is 0. The Morgan fingerprint density at radius 2 is 2.20 bits per heavy atom. The van der Waals surface area contributed by atoms with Crippen LogP contribution in [0.1, 0.15) is 29.9 Å². The summed E-state index contributed by atoms with van der Waals surface area (Å²) in [6.45, 7) is 2.01. The van der Waals surface area contributed by atoms with Gasteiger partial charge in [0.05, 0.1) is 12.1 Å². The number of nitrogens with zero attached hydrogens (tertiary/aromatic N) is 1. The van der Waals surface area contributed by atoms with E-state index in [0.29, 0.717) is 5.76 Å². The van der Waals surface area contributed by atoms with Crippen LogP contribution < -0.4 is 10.5 Å². The first kappa shape index (κ1) is 12.7. The molecule has 1 aliphatic rings. The molecule has 0 saturated heterocycles. The molecule has 0 aliphatic carbocycles. The molecule has 6 nitrogen and oxygen atoms in total. The molecule has 1 aliphatic heterocycles. The van der Waals surface area contributed by atoms with Crippen LogP contribution in [0.3, 0.4) is 0 Å². The monoisotopic (exact) mass is 274 g/mol. The van der Waals surface area contributed by atoms with Crippen LogP contribution in [0.25, 0.3) is 0 Å². The summed E-state index contributed by atoms with van der Waals surface area (Å²) in [5, 5.41) is 10.6. The van der Waals surface area contributed by atoms with Gasteiger partial charge in [-0.2, -0.15) is 0 Å². The highest BCUT2D eigenvalue weighted by atomic mass is 16.6. The van der Waals surface area contributed by atoms with Gasteiger partial charge in [0, 0.05) is 6.42 Å². The van der Waals surface area contributed by atoms with E-state index in [0.717, 1.165) is 23.3 Å². The Morgan fingerprint density at radius 1 is 1.40 bits per heavy atom. The Hall–Kier alpha value is -2.34. The lowest BCUT2D eigenvalue weighted by Gasteiger charge is -2.10. The highest BCUT2D eigenvalue weighted by Gasteiger charge is 2.22. The number of nitro groups is 1. The number of fused-ring (bicyclic) bond motifs is 1. The second-order valence-corrected chi connectivity index (χ2v) is 4.91. The summed E-state index contributed by atoms with van der Waals surface area (Å²) in [5.41, 5.74) is 8.06. The Labute approximate surface area is 115 Å². The minimum Gasteiger partial charge on any atom is -0.490 e. The second kappa shape index (κ2) is 4.64. The maximum Gasteiger partial charge on any atom is 0.433 e. The SMILES string of the molecule is CC1Cc2cc(C(N)c3ccc([N+](=O)[O-])o3)ccc2O1. The van der Waals surface area contributed by atoms with E-state index in [-0.39, 0.29) is 12.0 Å². The minimum atomic E-state index is -0.575. The minimum absolute atomic E-state index is 0.168. The van der Waals surface area contributed by atoms with Crippen LogP contribution in [0.15, 0.2) is 34.7 Å². The summed E-state index contributed by atoms with van der Waals surface area (Å²) in [6.07, 6.45) is 1.01. The average molecular weight is 274 g/mol. The maximum atomic E-state index is 10.6. The van der Waals surface area contributed by atoms with Crippen LogP contribution in [0.2, 0.25) is 0 Å². The quantitative estimate of drug-likeness (QED) is 0.686. The zero-order chi connectivity index (χ0) is 14.3. The standard InChI is InChI=1S/C14H14N2O4/c1-8-6-10-7-9(2-3-11(10)19-8)14(15)12-4-5-13(20-12)16(17)18/h2-5,7-8,14H,6,15H2,1H3. The lowest BCUT2D eigenvalue weighted by atomic mass is 10.0. The van der Waals surface area contributed by atoms with Crippen molar-refractivity contribution >= 4 is 5.88 Å². The fraction of sp³-hybridized carbons (Fsp3) is 0.286. The molecule has 0 radical (unpaired) electrons. The summed E-state index contributed by atoms with van der Waals surface area (Å²) in [5.74, 6) is 0.955. The lowest BCUT2D eigenvalue weighted by Crippen LogP contribution is -2.11. The van der Waals surface area contributed by atoms with Gasteiger partial charge in [0.2, 0.25) is 0 Å². The largest absolute Gasteiger partial charge is 0.490 e. The third kappa shape index (κ3) is 2.14. The van der Waals surface area contributed by atoms with Crippen molar-refractivity contribution in [3.05, 3.63) is 57.3 Å². The Morgan fingerprint density at radius 3 is 2.90 bits per heavy atom. The van der Waals surface area contributed by atoms with Gasteiger partial charge in [-0.15, -0.1) is 0 Å². The molecule has 0 bridgehead atoms. The van der Waals surface area contributed by atoms with Crippen molar-refractivity contribution in [3.63, 3.8) is 0 Å². The van der Waals surface area contributed by atoms with E-state index in [1.165, 1.54) is 12.1 Å². The van der Waals surface area contributed by atoms with Gasteiger partial charge < -0.3 is 14.9 Å². The molecule has 1 aromatic carbocycles. The molecule has 2 unspecified atom stereocenters. The number of hydrogen-bond acceptors (Lipinski definition) is 5. The zero-order valence-corrected chi connectivity index (χ0v) is 10.9. The zero-order valence-electron chi connectivity index (χ0n) is 10.9. The van der Waals surface area contributed by atoms with E-state index in [1.807, 2.05) is 25.1 Å². The molecule has 6 heteroatoms. The van der Waals surface area contributed by atoms with Crippen molar-refractivity contribution < 1.29 is 14.1 Å². The molecule has 3 rings (SSSR count). The van der Waals surface area contributed by atoms with Crippen molar-refractivity contribution in [3.8, 4) is 5.75 Å². The number of furan rings is 1. The first-order chi connectivity index (χ1) is 9.54. The Bertz CT molecular complexity index is 665. The van der Waals surface area contributed by atoms with Gasteiger partial charge in [-0.05, 0) is 36.2 Å². The van der Waals surface area contributed by atoms with Gasteiger partial charge in [-0.25, -0.2) is 0 Å². The average Bonchev–Trinajstić information content (AvgIpc) is 3.02. The second-order valence-electron chi connectivity index (χ2n) is 4.91. The highest BCUT2D eigenvalue weighted by Crippen LogP contribution is 2.33. The smallest absolute Gasteiger partial charge is 0.433 e. The van der Waals surface area contributed by atoms with Crippen molar-refractivity contribution in [2.75, 3.05) is 0 Å². The van der Waals surface area contributed by atoms with Gasteiger partial charge in [0.1, 0.15) is 22.5 Å². The van der Waals surface area contributed by atoms with Crippen LogP contribution in [0.5, 0.6) is 5.75 Å². The normalized spacial score (nSPS) is 18.4. The van der Waals surface area contributed by atoms with Crippen molar-refractivity contribution in [2.45, 2.75) is 25.5 Å².